The number of rotatable bonds is 66. The number of hydrogen-bond acceptors (Lipinski definition) is 15. The van der Waals surface area contributed by atoms with E-state index in [1.165, 1.54) is 154 Å². The van der Waals surface area contributed by atoms with Crippen LogP contribution in [-0.4, -0.2) is 96.7 Å². The molecule has 0 aliphatic carbocycles. The molecule has 0 heterocycles. The molecular formula is C67H130O17P2. The third kappa shape index (κ3) is 60.9. The van der Waals surface area contributed by atoms with Crippen molar-refractivity contribution in [3.05, 3.63) is 0 Å². The molecule has 0 saturated heterocycles. The summed E-state index contributed by atoms with van der Waals surface area (Å²) in [5.41, 5.74) is 0. The molecule has 3 N–H and O–H groups in total. The second-order valence-corrected chi connectivity index (χ2v) is 28.1. The lowest BCUT2D eigenvalue weighted by Crippen LogP contribution is -2.30. The molecular weight excluding hydrogens is 1140 g/mol. The normalized spacial score (nSPS) is 14.2. The van der Waals surface area contributed by atoms with Crippen molar-refractivity contribution in [2.45, 2.75) is 355 Å². The zero-order valence-corrected chi connectivity index (χ0v) is 57.4. The van der Waals surface area contributed by atoms with E-state index in [-0.39, 0.29) is 25.7 Å². The average molecular weight is 1270 g/mol. The number of carbonyl (C=O) groups excluding carboxylic acids is 4. The van der Waals surface area contributed by atoms with Crippen LogP contribution in [0.25, 0.3) is 0 Å². The van der Waals surface area contributed by atoms with Gasteiger partial charge in [-0.05, 0) is 37.5 Å². The van der Waals surface area contributed by atoms with E-state index < -0.39 is 97.5 Å². The molecule has 0 aliphatic rings. The van der Waals surface area contributed by atoms with Gasteiger partial charge in [0.25, 0.3) is 0 Å². The number of esters is 4. The number of hydrogen-bond donors (Lipinski definition) is 3. The van der Waals surface area contributed by atoms with Gasteiger partial charge in [-0.1, -0.05) is 286 Å². The number of aliphatic hydroxyl groups is 1. The van der Waals surface area contributed by atoms with Crippen molar-refractivity contribution >= 4 is 39.5 Å². The summed E-state index contributed by atoms with van der Waals surface area (Å²) in [7, 11) is -9.89. The number of phosphoric acid groups is 2. The predicted octanol–water partition coefficient (Wildman–Crippen LogP) is 18.8. The van der Waals surface area contributed by atoms with E-state index in [9.17, 15) is 43.2 Å². The van der Waals surface area contributed by atoms with Gasteiger partial charge in [0.1, 0.15) is 19.3 Å². The number of phosphoric ester groups is 2. The molecule has 0 aromatic heterocycles. The maximum absolute atomic E-state index is 13.0. The first-order chi connectivity index (χ1) is 41.4. The molecule has 0 fully saturated rings. The molecule has 0 aromatic rings. The summed E-state index contributed by atoms with van der Waals surface area (Å²) >= 11 is 0. The maximum atomic E-state index is 13.0. The standard InChI is InChI=1S/C67H130O17P2/c1-7-9-11-13-15-17-19-21-25-32-38-44-50-65(70)78-55-62(83-66(71)51-45-39-33-26-22-23-29-35-41-47-59(3)4)57-81-85(73,74)79-53-61(68)54-80-86(75,76)82-58-63(84-67(72)52-46-40-34-28-27-30-36-42-48-60(5)6)56-77-64(69)49-43-37-31-24-20-18-16-14-12-10-8-2/h59-63,68H,7-58H2,1-6H3,(H,73,74)(H,75,76)/t61-,62-,63-/m1/s1. The van der Waals surface area contributed by atoms with E-state index in [2.05, 4.69) is 41.5 Å². The third-order valence-corrected chi connectivity index (χ3v) is 17.4. The predicted molar refractivity (Wildman–Crippen MR) is 345 cm³/mol. The minimum absolute atomic E-state index is 0.105. The van der Waals surface area contributed by atoms with Crippen molar-refractivity contribution < 1.29 is 80.2 Å². The van der Waals surface area contributed by atoms with Crippen molar-refractivity contribution in [2.75, 3.05) is 39.6 Å². The highest BCUT2D eigenvalue weighted by atomic mass is 31.2. The molecule has 0 aliphatic heterocycles. The van der Waals surface area contributed by atoms with Crippen molar-refractivity contribution in [2.24, 2.45) is 11.8 Å². The van der Waals surface area contributed by atoms with Crippen LogP contribution in [0.3, 0.4) is 0 Å². The Balaban J connectivity index is 5.25. The molecule has 0 rings (SSSR count). The van der Waals surface area contributed by atoms with E-state index in [0.717, 1.165) is 102 Å². The van der Waals surface area contributed by atoms with Gasteiger partial charge in [-0.2, -0.15) is 0 Å². The summed E-state index contributed by atoms with van der Waals surface area (Å²) in [6.07, 6.45) is 43.0. The maximum Gasteiger partial charge on any atom is 0.472 e. The number of ether oxygens (including phenoxy) is 4. The summed E-state index contributed by atoms with van der Waals surface area (Å²) in [6, 6.07) is 0. The Labute approximate surface area is 524 Å². The fraction of sp³-hybridized carbons (Fsp3) is 0.940. The molecule has 19 heteroatoms. The largest absolute Gasteiger partial charge is 0.472 e. The van der Waals surface area contributed by atoms with Crippen LogP contribution in [-0.2, 0) is 65.4 Å². The molecule has 0 bridgehead atoms. The van der Waals surface area contributed by atoms with Gasteiger partial charge in [0.15, 0.2) is 12.2 Å². The van der Waals surface area contributed by atoms with Crippen LogP contribution in [0.4, 0.5) is 0 Å². The van der Waals surface area contributed by atoms with Crippen LogP contribution in [0.15, 0.2) is 0 Å². The van der Waals surface area contributed by atoms with Crippen molar-refractivity contribution in [1.82, 2.24) is 0 Å². The zero-order valence-electron chi connectivity index (χ0n) is 55.6. The van der Waals surface area contributed by atoms with E-state index in [1.54, 1.807) is 0 Å². The lowest BCUT2D eigenvalue weighted by molar-refractivity contribution is -0.161. The fourth-order valence-electron chi connectivity index (χ4n) is 10.1. The molecule has 2 unspecified atom stereocenters. The van der Waals surface area contributed by atoms with Gasteiger partial charge in [0, 0.05) is 25.7 Å². The highest BCUT2D eigenvalue weighted by Crippen LogP contribution is 2.45. The Morgan fingerprint density at radius 1 is 0.314 bits per heavy atom. The Morgan fingerprint density at radius 3 is 0.791 bits per heavy atom. The first kappa shape index (κ1) is 84.1. The summed E-state index contributed by atoms with van der Waals surface area (Å²) < 4.78 is 68.1. The molecule has 5 atom stereocenters. The van der Waals surface area contributed by atoms with Gasteiger partial charge in [0.05, 0.1) is 26.4 Å². The summed E-state index contributed by atoms with van der Waals surface area (Å²) in [6.45, 7) is 9.46. The van der Waals surface area contributed by atoms with E-state index in [1.807, 2.05) is 0 Å². The van der Waals surface area contributed by atoms with Gasteiger partial charge < -0.3 is 33.8 Å². The van der Waals surface area contributed by atoms with E-state index >= 15 is 0 Å². The van der Waals surface area contributed by atoms with Crippen LogP contribution in [0.5, 0.6) is 0 Å². The molecule has 0 spiro atoms. The van der Waals surface area contributed by atoms with Crippen LogP contribution < -0.4 is 0 Å². The third-order valence-electron chi connectivity index (χ3n) is 15.5. The van der Waals surface area contributed by atoms with Crippen LogP contribution in [0.1, 0.15) is 337 Å². The monoisotopic (exact) mass is 1270 g/mol. The number of aliphatic hydroxyl groups excluding tert-OH is 1. The molecule has 86 heavy (non-hydrogen) atoms. The highest BCUT2D eigenvalue weighted by molar-refractivity contribution is 7.47. The minimum atomic E-state index is -4.95. The molecule has 0 aromatic carbocycles. The second-order valence-electron chi connectivity index (χ2n) is 25.2. The lowest BCUT2D eigenvalue weighted by Gasteiger charge is -2.21. The quantitative estimate of drug-likeness (QED) is 0.0222. The van der Waals surface area contributed by atoms with Gasteiger partial charge in [-0.3, -0.25) is 37.3 Å². The summed E-state index contributed by atoms with van der Waals surface area (Å²) in [5, 5.41) is 10.6. The van der Waals surface area contributed by atoms with Crippen molar-refractivity contribution in [1.29, 1.82) is 0 Å². The smallest absolute Gasteiger partial charge is 0.462 e. The minimum Gasteiger partial charge on any atom is -0.462 e. The van der Waals surface area contributed by atoms with Gasteiger partial charge in [-0.25, -0.2) is 9.13 Å². The van der Waals surface area contributed by atoms with Gasteiger partial charge in [-0.15, -0.1) is 0 Å². The molecule has 0 saturated carbocycles. The topological polar surface area (TPSA) is 237 Å². The van der Waals surface area contributed by atoms with Gasteiger partial charge in [0.2, 0.25) is 0 Å². The summed E-state index contributed by atoms with van der Waals surface area (Å²) in [5.74, 6) is -0.674. The van der Waals surface area contributed by atoms with E-state index in [0.29, 0.717) is 25.7 Å². The van der Waals surface area contributed by atoms with Gasteiger partial charge >= 0.3 is 39.5 Å². The Hall–Kier alpha value is -1.94. The number of carbonyl (C=O) groups is 4. The molecule has 0 radical (unpaired) electrons. The summed E-state index contributed by atoms with van der Waals surface area (Å²) in [4.78, 5) is 72.4. The van der Waals surface area contributed by atoms with Crippen molar-refractivity contribution in [3.8, 4) is 0 Å². The Morgan fingerprint density at radius 2 is 0.535 bits per heavy atom. The molecule has 17 nitrogen and oxygen atoms in total. The SMILES string of the molecule is CCCCCCCCCCCCCCC(=O)OC[C@H](COP(=O)(O)OC[C@@H](O)COP(=O)(O)OC[C@@H](COC(=O)CCCCCCCCCCCCC)OC(=O)CCCCCCCCCCC(C)C)OC(=O)CCCCCCCCCCCC(C)C. The zero-order chi connectivity index (χ0) is 63.6. The average Bonchev–Trinajstić information content (AvgIpc) is 3.65. The van der Waals surface area contributed by atoms with Crippen LogP contribution in [0, 0.1) is 11.8 Å². The van der Waals surface area contributed by atoms with Crippen molar-refractivity contribution in [3.63, 3.8) is 0 Å². The van der Waals surface area contributed by atoms with E-state index in [4.69, 9.17) is 37.0 Å². The lowest BCUT2D eigenvalue weighted by atomic mass is 10.0. The van der Waals surface area contributed by atoms with Crippen LogP contribution >= 0.6 is 15.6 Å². The highest BCUT2D eigenvalue weighted by Gasteiger charge is 2.30. The first-order valence-corrected chi connectivity index (χ1v) is 38.0. The van der Waals surface area contributed by atoms with Crippen LogP contribution in [0.2, 0.25) is 0 Å². The Kier molecular flexibility index (Phi) is 58.0. The fourth-order valence-corrected chi connectivity index (χ4v) is 11.6. The number of unbranched alkanes of at least 4 members (excludes halogenated alkanes) is 36. The molecule has 510 valence electrons. The first-order valence-electron chi connectivity index (χ1n) is 35.0. The second kappa shape index (κ2) is 59.4. The molecule has 0 amide bonds. The Bertz CT molecular complexity index is 1680.